The summed E-state index contributed by atoms with van der Waals surface area (Å²) in [6.07, 6.45) is 13.3. The first-order valence-electron chi connectivity index (χ1n) is 8.97. The Morgan fingerprint density at radius 1 is 1.17 bits per heavy atom. The second-order valence-corrected chi connectivity index (χ2v) is 6.71. The molecule has 0 aliphatic heterocycles. The Morgan fingerprint density at radius 2 is 1.96 bits per heavy atom. The lowest BCUT2D eigenvalue weighted by Gasteiger charge is -2.25. The van der Waals surface area contributed by atoms with Crippen molar-refractivity contribution in [1.29, 1.82) is 0 Å². The molecule has 0 radical (unpaired) electrons. The fraction of sp³-hybridized carbons (Fsp3) is 0.667. The summed E-state index contributed by atoms with van der Waals surface area (Å²) in [6, 6.07) is 4.42. The number of aromatic nitrogens is 1. The van der Waals surface area contributed by atoms with Gasteiger partial charge in [0.1, 0.15) is 6.10 Å². The number of nitrogens with two attached hydrogens (primary N) is 1. The summed E-state index contributed by atoms with van der Waals surface area (Å²) < 4.78 is 5.83. The van der Waals surface area contributed by atoms with Crippen LogP contribution in [-0.2, 0) is 6.54 Å². The maximum atomic E-state index is 6.04. The summed E-state index contributed by atoms with van der Waals surface area (Å²) in [6.45, 7) is 0.565. The van der Waals surface area contributed by atoms with E-state index in [4.69, 9.17) is 10.5 Å². The third kappa shape index (κ3) is 5.12. The smallest absolute Gasteiger partial charge is 0.213 e. The normalized spacial score (nSPS) is 20.6. The lowest BCUT2D eigenvalue weighted by atomic mass is 9.96. The Balaban J connectivity index is 1.50. The van der Waals surface area contributed by atoms with Crippen molar-refractivity contribution in [2.24, 2.45) is 10.7 Å². The highest BCUT2D eigenvalue weighted by Crippen LogP contribution is 2.24. The average Bonchev–Trinajstić information content (AvgIpc) is 2.78. The van der Waals surface area contributed by atoms with Crippen LogP contribution in [0.1, 0.15) is 63.4 Å². The van der Waals surface area contributed by atoms with E-state index in [1.165, 1.54) is 44.9 Å². The van der Waals surface area contributed by atoms with Crippen LogP contribution in [0.2, 0.25) is 0 Å². The van der Waals surface area contributed by atoms with E-state index in [1.54, 1.807) is 6.20 Å². The van der Waals surface area contributed by atoms with E-state index < -0.39 is 0 Å². The summed E-state index contributed by atoms with van der Waals surface area (Å²) in [5, 5.41) is 3.38. The largest absolute Gasteiger partial charge is 0.474 e. The molecule has 1 aromatic heterocycles. The van der Waals surface area contributed by atoms with E-state index in [1.807, 2.05) is 12.1 Å². The van der Waals surface area contributed by atoms with Crippen molar-refractivity contribution in [3.05, 3.63) is 23.9 Å². The van der Waals surface area contributed by atoms with Gasteiger partial charge in [0.2, 0.25) is 5.88 Å². The van der Waals surface area contributed by atoms with Gasteiger partial charge >= 0.3 is 0 Å². The van der Waals surface area contributed by atoms with Crippen LogP contribution in [-0.4, -0.2) is 23.1 Å². The molecule has 0 atom stereocenters. The molecule has 0 unspecified atom stereocenters. The van der Waals surface area contributed by atoms with E-state index in [-0.39, 0.29) is 0 Å². The summed E-state index contributed by atoms with van der Waals surface area (Å²) >= 11 is 0. The minimum Gasteiger partial charge on any atom is -0.474 e. The minimum absolute atomic E-state index is 0.350. The molecular formula is C18H28N4O. The molecular weight excluding hydrogens is 288 g/mol. The van der Waals surface area contributed by atoms with Crippen molar-refractivity contribution in [2.75, 3.05) is 0 Å². The summed E-state index contributed by atoms with van der Waals surface area (Å²) in [5.41, 5.74) is 7.13. The van der Waals surface area contributed by atoms with Gasteiger partial charge in [-0.05, 0) is 43.7 Å². The highest BCUT2D eigenvalue weighted by molar-refractivity contribution is 5.78. The minimum atomic E-state index is 0.350. The molecule has 0 bridgehead atoms. The van der Waals surface area contributed by atoms with Crippen molar-refractivity contribution in [3.8, 4) is 5.88 Å². The number of hydrogen-bond acceptors (Lipinski definition) is 3. The Labute approximate surface area is 138 Å². The van der Waals surface area contributed by atoms with Crippen LogP contribution in [0.15, 0.2) is 23.3 Å². The van der Waals surface area contributed by atoms with Crippen LogP contribution >= 0.6 is 0 Å². The van der Waals surface area contributed by atoms with Crippen molar-refractivity contribution in [1.82, 2.24) is 10.3 Å². The predicted molar refractivity (Wildman–Crippen MR) is 92.5 cm³/mol. The molecule has 5 nitrogen and oxygen atoms in total. The second kappa shape index (κ2) is 8.18. The van der Waals surface area contributed by atoms with E-state index >= 15 is 0 Å². The SMILES string of the molecule is NC(=NCc1ccnc(OC2CCC2)c1)NC1CCCCCC1. The first kappa shape index (κ1) is 16.1. The van der Waals surface area contributed by atoms with Crippen LogP contribution < -0.4 is 15.8 Å². The van der Waals surface area contributed by atoms with Gasteiger partial charge in [-0.1, -0.05) is 25.7 Å². The van der Waals surface area contributed by atoms with Crippen LogP contribution in [0.5, 0.6) is 5.88 Å². The monoisotopic (exact) mass is 316 g/mol. The molecule has 0 saturated heterocycles. The van der Waals surface area contributed by atoms with Gasteiger partial charge < -0.3 is 15.8 Å². The summed E-state index contributed by atoms with van der Waals surface area (Å²) in [4.78, 5) is 8.75. The number of hydrogen-bond donors (Lipinski definition) is 2. The Kier molecular flexibility index (Phi) is 5.72. The zero-order valence-electron chi connectivity index (χ0n) is 13.8. The van der Waals surface area contributed by atoms with Gasteiger partial charge in [-0.25, -0.2) is 9.98 Å². The Morgan fingerprint density at radius 3 is 2.65 bits per heavy atom. The number of pyridine rings is 1. The van der Waals surface area contributed by atoms with Crippen molar-refractivity contribution in [3.63, 3.8) is 0 Å². The van der Waals surface area contributed by atoms with Gasteiger partial charge in [0, 0.05) is 18.3 Å². The van der Waals surface area contributed by atoms with E-state index in [9.17, 15) is 0 Å². The number of rotatable bonds is 5. The molecule has 1 heterocycles. The highest BCUT2D eigenvalue weighted by Gasteiger charge is 2.19. The Bertz CT molecular complexity index is 520. The Hall–Kier alpha value is -1.78. The topological polar surface area (TPSA) is 72.5 Å². The van der Waals surface area contributed by atoms with Crippen LogP contribution in [0.25, 0.3) is 0 Å². The zero-order chi connectivity index (χ0) is 15.9. The molecule has 0 amide bonds. The molecule has 2 aliphatic carbocycles. The van der Waals surface area contributed by atoms with Crippen molar-refractivity contribution >= 4 is 5.96 Å². The quantitative estimate of drug-likeness (QED) is 0.497. The molecule has 2 fully saturated rings. The fourth-order valence-electron chi connectivity index (χ4n) is 3.13. The summed E-state index contributed by atoms with van der Waals surface area (Å²) in [7, 11) is 0. The van der Waals surface area contributed by atoms with Crippen LogP contribution in [0, 0.1) is 0 Å². The van der Waals surface area contributed by atoms with Gasteiger partial charge in [-0.2, -0.15) is 0 Å². The maximum absolute atomic E-state index is 6.04. The van der Waals surface area contributed by atoms with Crippen LogP contribution in [0.4, 0.5) is 0 Å². The highest BCUT2D eigenvalue weighted by atomic mass is 16.5. The van der Waals surface area contributed by atoms with Crippen molar-refractivity contribution < 1.29 is 4.74 Å². The van der Waals surface area contributed by atoms with Gasteiger partial charge in [0.05, 0.1) is 6.54 Å². The third-order valence-electron chi connectivity index (χ3n) is 4.78. The molecule has 3 N–H and O–H groups in total. The standard InChI is InChI=1S/C18H28N4O/c19-18(22-15-6-3-1-2-4-7-15)21-13-14-10-11-20-17(12-14)23-16-8-5-9-16/h10-12,15-16H,1-9,13H2,(H3,19,21,22). The van der Waals surface area contributed by atoms with Crippen LogP contribution in [0.3, 0.4) is 0 Å². The molecule has 3 rings (SSSR count). The van der Waals surface area contributed by atoms with Gasteiger partial charge in [-0.15, -0.1) is 0 Å². The number of aliphatic imine (C=N–C) groups is 1. The molecule has 23 heavy (non-hydrogen) atoms. The van der Waals surface area contributed by atoms with E-state index in [0.717, 1.165) is 18.4 Å². The lowest BCUT2D eigenvalue weighted by molar-refractivity contribution is 0.114. The lowest BCUT2D eigenvalue weighted by Crippen LogP contribution is -2.39. The molecule has 0 aromatic carbocycles. The first-order chi connectivity index (χ1) is 11.3. The second-order valence-electron chi connectivity index (χ2n) is 6.71. The maximum Gasteiger partial charge on any atom is 0.213 e. The average molecular weight is 316 g/mol. The molecule has 0 spiro atoms. The number of nitrogens with zero attached hydrogens (tertiary/aromatic N) is 2. The van der Waals surface area contributed by atoms with Gasteiger partial charge in [0.15, 0.2) is 5.96 Å². The third-order valence-corrected chi connectivity index (χ3v) is 4.78. The van der Waals surface area contributed by atoms with E-state index in [2.05, 4.69) is 15.3 Å². The molecule has 1 aromatic rings. The van der Waals surface area contributed by atoms with E-state index in [0.29, 0.717) is 30.5 Å². The molecule has 2 saturated carbocycles. The number of ether oxygens (including phenoxy) is 1. The number of guanidine groups is 1. The molecule has 5 heteroatoms. The first-order valence-corrected chi connectivity index (χ1v) is 8.97. The fourth-order valence-corrected chi connectivity index (χ4v) is 3.13. The molecule has 126 valence electrons. The number of nitrogens with one attached hydrogen (secondary N) is 1. The molecule has 2 aliphatic rings. The zero-order valence-corrected chi connectivity index (χ0v) is 13.8. The predicted octanol–water partition coefficient (Wildman–Crippen LogP) is 3.14. The van der Waals surface area contributed by atoms with Gasteiger partial charge in [-0.3, -0.25) is 0 Å². The van der Waals surface area contributed by atoms with Gasteiger partial charge in [0.25, 0.3) is 0 Å². The van der Waals surface area contributed by atoms with Crippen molar-refractivity contribution in [2.45, 2.75) is 76.5 Å². The summed E-state index contributed by atoms with van der Waals surface area (Å²) in [5.74, 6) is 1.26.